The number of carbonyl (C=O) groups is 1. The van der Waals surface area contributed by atoms with Crippen LogP contribution < -0.4 is 10.5 Å². The standard InChI is InChI=1S/C13H17FN2O4S/c14-11-2-1-10(7-12(11)21(15,18)19)13(17)16-8-9-3-5-20-6-4-9/h1-2,7,9H,3-6,8H2,(H,16,17)(H2,15,18,19). The van der Waals surface area contributed by atoms with Gasteiger partial charge in [-0.1, -0.05) is 0 Å². The number of hydrogen-bond donors (Lipinski definition) is 2. The van der Waals surface area contributed by atoms with Crippen LogP contribution in [0.2, 0.25) is 0 Å². The first-order chi connectivity index (χ1) is 9.88. The Bertz CT molecular complexity index is 627. The van der Waals surface area contributed by atoms with Crippen molar-refractivity contribution in [2.24, 2.45) is 11.1 Å². The lowest BCUT2D eigenvalue weighted by Crippen LogP contribution is -2.32. The summed E-state index contributed by atoms with van der Waals surface area (Å²) in [4.78, 5) is 11.3. The number of ether oxygens (including phenoxy) is 1. The smallest absolute Gasteiger partial charge is 0.251 e. The largest absolute Gasteiger partial charge is 0.381 e. The molecule has 2 rings (SSSR count). The molecule has 0 unspecified atom stereocenters. The topological polar surface area (TPSA) is 98.5 Å². The molecule has 0 aliphatic carbocycles. The van der Waals surface area contributed by atoms with E-state index in [0.717, 1.165) is 25.0 Å². The first kappa shape index (κ1) is 15.9. The maximum absolute atomic E-state index is 13.4. The van der Waals surface area contributed by atoms with Crippen molar-refractivity contribution in [1.29, 1.82) is 0 Å². The van der Waals surface area contributed by atoms with E-state index in [1.54, 1.807) is 0 Å². The van der Waals surface area contributed by atoms with Gasteiger partial charge >= 0.3 is 0 Å². The van der Waals surface area contributed by atoms with Crippen molar-refractivity contribution < 1.29 is 22.3 Å². The molecule has 0 bridgehead atoms. The number of carbonyl (C=O) groups excluding carboxylic acids is 1. The predicted octanol–water partition coefficient (Wildman–Crippen LogP) is 0.630. The van der Waals surface area contributed by atoms with E-state index in [1.807, 2.05) is 0 Å². The third kappa shape index (κ3) is 4.23. The molecule has 8 heteroatoms. The fourth-order valence-corrected chi connectivity index (χ4v) is 2.78. The van der Waals surface area contributed by atoms with Crippen LogP contribution in [-0.2, 0) is 14.8 Å². The summed E-state index contributed by atoms with van der Waals surface area (Å²) in [5.41, 5.74) is 0.0625. The predicted molar refractivity (Wildman–Crippen MR) is 73.6 cm³/mol. The molecule has 1 saturated heterocycles. The van der Waals surface area contributed by atoms with Gasteiger partial charge in [0, 0.05) is 25.3 Å². The number of primary sulfonamides is 1. The van der Waals surface area contributed by atoms with Crippen LogP contribution in [0.15, 0.2) is 23.1 Å². The Morgan fingerprint density at radius 1 is 1.38 bits per heavy atom. The highest BCUT2D eigenvalue weighted by Crippen LogP contribution is 2.16. The Hall–Kier alpha value is -1.51. The van der Waals surface area contributed by atoms with Gasteiger partial charge in [0.2, 0.25) is 10.0 Å². The summed E-state index contributed by atoms with van der Waals surface area (Å²) in [6, 6.07) is 3.09. The van der Waals surface area contributed by atoms with Crippen LogP contribution in [-0.4, -0.2) is 34.1 Å². The molecule has 0 radical (unpaired) electrons. The fraction of sp³-hybridized carbons (Fsp3) is 0.462. The molecule has 1 aromatic rings. The van der Waals surface area contributed by atoms with Crippen LogP contribution in [0.3, 0.4) is 0 Å². The SMILES string of the molecule is NS(=O)(=O)c1cc(C(=O)NCC2CCOCC2)ccc1F. The molecule has 21 heavy (non-hydrogen) atoms. The molecule has 1 amide bonds. The lowest BCUT2D eigenvalue weighted by molar-refractivity contribution is 0.0642. The van der Waals surface area contributed by atoms with Gasteiger partial charge in [0.25, 0.3) is 5.91 Å². The normalized spacial score (nSPS) is 16.7. The van der Waals surface area contributed by atoms with E-state index in [9.17, 15) is 17.6 Å². The van der Waals surface area contributed by atoms with Crippen molar-refractivity contribution in [1.82, 2.24) is 5.32 Å². The zero-order valence-corrected chi connectivity index (χ0v) is 12.2. The first-order valence-corrected chi connectivity index (χ1v) is 8.11. The van der Waals surface area contributed by atoms with Gasteiger partial charge in [0.05, 0.1) is 0 Å². The van der Waals surface area contributed by atoms with Gasteiger partial charge in [0.1, 0.15) is 10.7 Å². The van der Waals surface area contributed by atoms with Crippen molar-refractivity contribution in [2.45, 2.75) is 17.7 Å². The zero-order valence-electron chi connectivity index (χ0n) is 11.3. The number of rotatable bonds is 4. The Kier molecular flexibility index (Phi) is 4.92. The third-order valence-electron chi connectivity index (χ3n) is 3.39. The molecule has 0 saturated carbocycles. The van der Waals surface area contributed by atoms with Crippen molar-refractivity contribution in [3.8, 4) is 0 Å². The molecule has 0 aromatic heterocycles. The monoisotopic (exact) mass is 316 g/mol. The molecule has 6 nitrogen and oxygen atoms in total. The van der Waals surface area contributed by atoms with Crippen molar-refractivity contribution in [2.75, 3.05) is 19.8 Å². The highest BCUT2D eigenvalue weighted by molar-refractivity contribution is 7.89. The number of benzene rings is 1. The Balaban J connectivity index is 2.05. The van der Waals surface area contributed by atoms with Crippen LogP contribution in [0, 0.1) is 11.7 Å². The second-order valence-corrected chi connectivity index (χ2v) is 6.49. The number of hydrogen-bond acceptors (Lipinski definition) is 4. The number of amides is 1. The molecule has 1 heterocycles. The summed E-state index contributed by atoms with van der Waals surface area (Å²) in [5.74, 6) is -1.09. The van der Waals surface area contributed by atoms with Crippen LogP contribution >= 0.6 is 0 Å². The Morgan fingerprint density at radius 3 is 2.67 bits per heavy atom. The molecule has 1 fully saturated rings. The Labute approximate surface area is 122 Å². The van der Waals surface area contributed by atoms with Gasteiger partial charge in [-0.15, -0.1) is 0 Å². The van der Waals surface area contributed by atoms with E-state index in [4.69, 9.17) is 9.88 Å². The van der Waals surface area contributed by atoms with E-state index in [0.29, 0.717) is 25.7 Å². The Morgan fingerprint density at radius 2 is 2.05 bits per heavy atom. The molecular formula is C13H17FN2O4S. The third-order valence-corrected chi connectivity index (χ3v) is 4.32. The number of nitrogens with one attached hydrogen (secondary N) is 1. The second kappa shape index (κ2) is 6.50. The number of nitrogens with two attached hydrogens (primary N) is 1. The molecule has 1 aromatic carbocycles. The lowest BCUT2D eigenvalue weighted by atomic mass is 10.0. The van der Waals surface area contributed by atoms with E-state index in [-0.39, 0.29) is 5.56 Å². The van der Waals surface area contributed by atoms with Crippen LogP contribution in [0.4, 0.5) is 4.39 Å². The van der Waals surface area contributed by atoms with Crippen LogP contribution in [0.1, 0.15) is 23.2 Å². The number of sulfonamides is 1. The summed E-state index contributed by atoms with van der Waals surface area (Å²) >= 11 is 0. The average Bonchev–Trinajstić information content (AvgIpc) is 2.45. The zero-order chi connectivity index (χ0) is 15.5. The second-order valence-electron chi connectivity index (χ2n) is 4.96. The lowest BCUT2D eigenvalue weighted by Gasteiger charge is -2.22. The summed E-state index contributed by atoms with van der Waals surface area (Å²) in [6.45, 7) is 1.82. The minimum Gasteiger partial charge on any atom is -0.381 e. The van der Waals surface area contributed by atoms with Gasteiger partial charge < -0.3 is 10.1 Å². The quantitative estimate of drug-likeness (QED) is 0.851. The van der Waals surface area contributed by atoms with Gasteiger partial charge in [-0.05, 0) is 37.0 Å². The molecule has 1 aliphatic heterocycles. The summed E-state index contributed by atoms with van der Waals surface area (Å²) < 4.78 is 41.1. The van der Waals surface area contributed by atoms with Crippen LogP contribution in [0.5, 0.6) is 0 Å². The van der Waals surface area contributed by atoms with Gasteiger partial charge in [-0.3, -0.25) is 4.79 Å². The van der Waals surface area contributed by atoms with Gasteiger partial charge in [0.15, 0.2) is 0 Å². The van der Waals surface area contributed by atoms with Crippen LogP contribution in [0.25, 0.3) is 0 Å². The van der Waals surface area contributed by atoms with Crippen molar-refractivity contribution in [3.05, 3.63) is 29.6 Å². The molecule has 3 N–H and O–H groups in total. The maximum Gasteiger partial charge on any atom is 0.251 e. The first-order valence-electron chi connectivity index (χ1n) is 6.56. The molecule has 0 spiro atoms. The summed E-state index contributed by atoms with van der Waals surface area (Å²) in [7, 11) is -4.20. The molecule has 1 aliphatic rings. The molecule has 0 atom stereocenters. The van der Waals surface area contributed by atoms with E-state index in [1.165, 1.54) is 6.07 Å². The highest BCUT2D eigenvalue weighted by atomic mass is 32.2. The highest BCUT2D eigenvalue weighted by Gasteiger charge is 2.19. The van der Waals surface area contributed by atoms with E-state index < -0.39 is 26.6 Å². The van der Waals surface area contributed by atoms with Crippen molar-refractivity contribution >= 4 is 15.9 Å². The maximum atomic E-state index is 13.4. The molecule has 116 valence electrons. The minimum atomic E-state index is -4.20. The van der Waals surface area contributed by atoms with Gasteiger partial charge in [-0.2, -0.15) is 0 Å². The number of halogens is 1. The minimum absolute atomic E-state index is 0.0625. The summed E-state index contributed by atoms with van der Waals surface area (Å²) in [5, 5.41) is 7.62. The van der Waals surface area contributed by atoms with Crippen molar-refractivity contribution in [3.63, 3.8) is 0 Å². The molecular weight excluding hydrogens is 299 g/mol. The van der Waals surface area contributed by atoms with E-state index >= 15 is 0 Å². The van der Waals surface area contributed by atoms with Gasteiger partial charge in [-0.25, -0.2) is 17.9 Å². The average molecular weight is 316 g/mol. The summed E-state index contributed by atoms with van der Waals surface area (Å²) in [6.07, 6.45) is 1.73. The fourth-order valence-electron chi connectivity index (χ4n) is 2.15. The van der Waals surface area contributed by atoms with E-state index in [2.05, 4.69) is 5.32 Å².